The Balaban J connectivity index is 0.00000450. The molecule has 1 aliphatic rings. The van der Waals surface area contributed by atoms with E-state index in [4.69, 9.17) is 4.74 Å². The van der Waals surface area contributed by atoms with E-state index in [0.29, 0.717) is 12.0 Å². The van der Waals surface area contributed by atoms with Gasteiger partial charge >= 0.3 is 0 Å². The molecule has 1 aromatic rings. The Kier molecular flexibility index (Phi) is 13.9. The van der Waals surface area contributed by atoms with Gasteiger partial charge in [-0.05, 0) is 38.3 Å². The summed E-state index contributed by atoms with van der Waals surface area (Å²) in [5.74, 6) is 2.24. The summed E-state index contributed by atoms with van der Waals surface area (Å²) in [6.45, 7) is 14.2. The summed E-state index contributed by atoms with van der Waals surface area (Å²) in [6.07, 6.45) is 5.99. The first-order valence-corrected chi connectivity index (χ1v) is 10.9. The molecule has 1 fully saturated rings. The molecule has 0 radical (unpaired) electrons. The predicted molar refractivity (Wildman–Crippen MR) is 135 cm³/mol. The van der Waals surface area contributed by atoms with E-state index in [0.717, 1.165) is 77.2 Å². The minimum Gasteiger partial charge on any atom is -0.378 e. The van der Waals surface area contributed by atoms with Crippen molar-refractivity contribution in [1.82, 2.24) is 25.5 Å². The second kappa shape index (κ2) is 15.6. The zero-order valence-electron chi connectivity index (χ0n) is 19.0. The number of hydrogen-bond acceptors (Lipinski definition) is 6. The van der Waals surface area contributed by atoms with Crippen molar-refractivity contribution in [2.45, 2.75) is 39.7 Å². The van der Waals surface area contributed by atoms with Gasteiger partial charge in [0.2, 0.25) is 5.95 Å². The molecule has 1 unspecified atom stereocenters. The molecule has 1 atom stereocenters. The minimum absolute atomic E-state index is 0. The van der Waals surface area contributed by atoms with Crippen LogP contribution < -0.4 is 15.5 Å². The molecule has 172 valence electrons. The average molecular weight is 534 g/mol. The number of aliphatic imine (C=N–C) groups is 1. The van der Waals surface area contributed by atoms with Crippen molar-refractivity contribution >= 4 is 35.9 Å². The molecular weight excluding hydrogens is 493 g/mol. The molecule has 1 aromatic heterocycles. The van der Waals surface area contributed by atoms with Crippen molar-refractivity contribution in [1.29, 1.82) is 0 Å². The molecule has 0 aliphatic carbocycles. The monoisotopic (exact) mass is 533 g/mol. The lowest BCUT2D eigenvalue weighted by Gasteiger charge is -2.34. The third-order valence-corrected chi connectivity index (χ3v) is 5.22. The molecule has 1 saturated heterocycles. The van der Waals surface area contributed by atoms with Gasteiger partial charge in [0.15, 0.2) is 5.96 Å². The molecule has 1 aliphatic heterocycles. The van der Waals surface area contributed by atoms with Crippen LogP contribution in [0, 0.1) is 5.92 Å². The highest BCUT2D eigenvalue weighted by Gasteiger charge is 2.18. The second-order valence-electron chi connectivity index (χ2n) is 7.68. The zero-order chi connectivity index (χ0) is 20.9. The summed E-state index contributed by atoms with van der Waals surface area (Å²) in [7, 11) is 1.82. The van der Waals surface area contributed by atoms with Crippen molar-refractivity contribution in [3.05, 3.63) is 18.5 Å². The lowest BCUT2D eigenvalue weighted by Crippen LogP contribution is -2.47. The Hall–Kier alpha value is -1.20. The number of rotatable bonds is 11. The highest BCUT2D eigenvalue weighted by molar-refractivity contribution is 14.0. The Morgan fingerprint density at radius 1 is 1.13 bits per heavy atom. The first-order chi connectivity index (χ1) is 14.1. The third-order valence-electron chi connectivity index (χ3n) is 5.22. The molecule has 2 rings (SSSR count). The number of nitrogens with one attached hydrogen (secondary N) is 2. The summed E-state index contributed by atoms with van der Waals surface area (Å²) in [5, 5.41) is 6.82. The minimum atomic E-state index is 0. The maximum absolute atomic E-state index is 5.80. The quantitative estimate of drug-likeness (QED) is 0.196. The SMILES string of the molecule is CCOC(CCNC(=NC)NCCCN1CCN(c2ncccn2)CC1)C(C)C.I. The van der Waals surface area contributed by atoms with Crippen molar-refractivity contribution in [3.63, 3.8) is 0 Å². The maximum Gasteiger partial charge on any atom is 0.225 e. The van der Waals surface area contributed by atoms with Gasteiger partial charge in [0.05, 0.1) is 6.10 Å². The Morgan fingerprint density at radius 2 is 1.80 bits per heavy atom. The number of anilines is 1. The zero-order valence-corrected chi connectivity index (χ0v) is 21.3. The largest absolute Gasteiger partial charge is 0.378 e. The maximum atomic E-state index is 5.80. The van der Waals surface area contributed by atoms with E-state index in [9.17, 15) is 0 Å². The predicted octanol–water partition coefficient (Wildman–Crippen LogP) is 2.22. The van der Waals surface area contributed by atoms with Crippen LogP contribution in [-0.2, 0) is 4.74 Å². The number of guanidine groups is 1. The van der Waals surface area contributed by atoms with Crippen LogP contribution in [0.3, 0.4) is 0 Å². The lowest BCUT2D eigenvalue weighted by atomic mass is 10.0. The van der Waals surface area contributed by atoms with E-state index in [1.165, 1.54) is 0 Å². The van der Waals surface area contributed by atoms with E-state index < -0.39 is 0 Å². The fraction of sp³-hybridized carbons (Fsp3) is 0.762. The van der Waals surface area contributed by atoms with Gasteiger partial charge in [-0.1, -0.05) is 13.8 Å². The molecule has 0 saturated carbocycles. The summed E-state index contributed by atoms with van der Waals surface area (Å²) in [4.78, 5) is 17.8. The van der Waals surface area contributed by atoms with Crippen molar-refractivity contribution < 1.29 is 4.74 Å². The van der Waals surface area contributed by atoms with Gasteiger partial charge in [-0.3, -0.25) is 9.89 Å². The van der Waals surface area contributed by atoms with Crippen LogP contribution in [0.2, 0.25) is 0 Å². The molecule has 2 N–H and O–H groups in total. The Morgan fingerprint density at radius 3 is 2.40 bits per heavy atom. The fourth-order valence-electron chi connectivity index (χ4n) is 3.51. The van der Waals surface area contributed by atoms with Crippen LogP contribution in [0.25, 0.3) is 0 Å². The molecule has 9 heteroatoms. The van der Waals surface area contributed by atoms with Crippen molar-refractivity contribution in [2.75, 3.05) is 64.4 Å². The summed E-state index contributed by atoms with van der Waals surface area (Å²) >= 11 is 0. The first kappa shape index (κ1) is 26.8. The van der Waals surface area contributed by atoms with Crippen molar-refractivity contribution in [2.24, 2.45) is 10.9 Å². The average Bonchev–Trinajstić information content (AvgIpc) is 2.75. The van der Waals surface area contributed by atoms with Gasteiger partial charge in [0.25, 0.3) is 0 Å². The van der Waals surface area contributed by atoms with Gasteiger partial charge in [0.1, 0.15) is 0 Å². The molecule has 8 nitrogen and oxygen atoms in total. The molecule has 30 heavy (non-hydrogen) atoms. The molecule has 0 aromatic carbocycles. The van der Waals surface area contributed by atoms with Crippen LogP contribution in [0.4, 0.5) is 5.95 Å². The van der Waals surface area contributed by atoms with Crippen LogP contribution in [0.1, 0.15) is 33.6 Å². The number of ether oxygens (including phenoxy) is 1. The number of hydrogen-bond donors (Lipinski definition) is 2. The van der Waals surface area contributed by atoms with Gasteiger partial charge in [0, 0.05) is 65.3 Å². The van der Waals surface area contributed by atoms with Gasteiger partial charge in [-0.2, -0.15) is 0 Å². The second-order valence-corrected chi connectivity index (χ2v) is 7.68. The number of nitrogens with zero attached hydrogens (tertiary/aromatic N) is 5. The van der Waals surface area contributed by atoms with E-state index in [1.54, 1.807) is 12.4 Å². The highest BCUT2D eigenvalue weighted by atomic mass is 127. The van der Waals surface area contributed by atoms with Crippen LogP contribution >= 0.6 is 24.0 Å². The van der Waals surface area contributed by atoms with E-state index in [1.807, 2.05) is 13.1 Å². The molecule has 2 heterocycles. The topological polar surface area (TPSA) is 77.9 Å². The number of halogens is 1. The summed E-state index contributed by atoms with van der Waals surface area (Å²) < 4.78 is 5.80. The molecule has 0 bridgehead atoms. The lowest BCUT2D eigenvalue weighted by molar-refractivity contribution is 0.0258. The molecule has 0 spiro atoms. The Bertz CT molecular complexity index is 580. The summed E-state index contributed by atoms with van der Waals surface area (Å²) in [5.41, 5.74) is 0. The van der Waals surface area contributed by atoms with Gasteiger partial charge in [-0.15, -0.1) is 24.0 Å². The summed E-state index contributed by atoms with van der Waals surface area (Å²) in [6, 6.07) is 1.86. The standard InChI is InChI=1S/C21H39N7O.HI/c1-5-29-19(18(2)3)8-12-24-20(22-4)23-11-7-13-27-14-16-28(17-15-27)21-25-9-6-10-26-21;/h6,9-10,18-19H,5,7-8,11-17H2,1-4H3,(H2,22,23,24);1H. The van der Waals surface area contributed by atoms with Crippen LogP contribution in [-0.4, -0.2) is 86.4 Å². The highest BCUT2D eigenvalue weighted by Crippen LogP contribution is 2.10. The van der Waals surface area contributed by atoms with Crippen LogP contribution in [0.15, 0.2) is 23.5 Å². The van der Waals surface area contributed by atoms with E-state index >= 15 is 0 Å². The fourth-order valence-corrected chi connectivity index (χ4v) is 3.51. The number of aromatic nitrogens is 2. The van der Waals surface area contributed by atoms with Gasteiger partial charge < -0.3 is 20.3 Å². The first-order valence-electron chi connectivity index (χ1n) is 10.9. The Labute approximate surface area is 199 Å². The van der Waals surface area contributed by atoms with E-state index in [-0.39, 0.29) is 24.0 Å². The van der Waals surface area contributed by atoms with Crippen LogP contribution in [0.5, 0.6) is 0 Å². The van der Waals surface area contributed by atoms with Gasteiger partial charge in [-0.25, -0.2) is 9.97 Å². The van der Waals surface area contributed by atoms with E-state index in [2.05, 4.69) is 56.2 Å². The molecular formula is C21H40IN7O. The third kappa shape index (κ3) is 9.74. The van der Waals surface area contributed by atoms with Crippen molar-refractivity contribution in [3.8, 4) is 0 Å². The molecule has 0 amide bonds. The number of piperazine rings is 1. The normalized spacial score (nSPS) is 16.3. The smallest absolute Gasteiger partial charge is 0.225 e.